The number of thioether (sulfide) groups is 1. The third-order valence-electron chi connectivity index (χ3n) is 7.86. The van der Waals surface area contributed by atoms with Gasteiger partial charge in [0.05, 0.1) is 16.1 Å². The number of nitrogens with one attached hydrogen (secondary N) is 1. The molecule has 1 aromatic heterocycles. The molecule has 3 amide bonds. The molecule has 41 heavy (non-hydrogen) atoms. The minimum atomic E-state index is -0.689. The van der Waals surface area contributed by atoms with E-state index in [0.29, 0.717) is 31.6 Å². The maximum absolute atomic E-state index is 14.4. The summed E-state index contributed by atoms with van der Waals surface area (Å²) in [5.74, 6) is -0.415. The number of hydrogen-bond donors (Lipinski definition) is 1. The molecule has 2 unspecified atom stereocenters. The van der Waals surface area contributed by atoms with Gasteiger partial charge in [0.2, 0.25) is 11.8 Å². The van der Waals surface area contributed by atoms with Gasteiger partial charge in [-0.1, -0.05) is 56.3 Å². The van der Waals surface area contributed by atoms with Crippen LogP contribution in [-0.4, -0.2) is 61.1 Å². The number of carbonyl (C=O) groups is 3. The summed E-state index contributed by atoms with van der Waals surface area (Å²) in [6, 6.07) is 14.5. The summed E-state index contributed by atoms with van der Waals surface area (Å²) < 4.78 is -0.551. The first kappa shape index (κ1) is 29.3. The minimum absolute atomic E-state index is 0.117. The highest BCUT2D eigenvalue weighted by atomic mass is 32.2. The van der Waals surface area contributed by atoms with E-state index in [1.807, 2.05) is 62.7 Å². The molecule has 1 saturated heterocycles. The molecule has 0 saturated carbocycles. The molecule has 2 aliphatic heterocycles. The summed E-state index contributed by atoms with van der Waals surface area (Å²) in [4.78, 5) is 50.3. The number of rotatable bonds is 9. The van der Waals surface area contributed by atoms with Crippen LogP contribution in [0, 0.1) is 6.92 Å². The summed E-state index contributed by atoms with van der Waals surface area (Å²) in [6.45, 7) is 11.6. The smallest absolute Gasteiger partial charge is 0.255 e. The highest BCUT2D eigenvalue weighted by Crippen LogP contribution is 2.39. The molecule has 5 rings (SSSR count). The molecule has 3 heterocycles. The topological polar surface area (TPSA) is 82.6 Å². The lowest BCUT2D eigenvalue weighted by molar-refractivity contribution is -0.142. The normalized spacial score (nSPS) is 17.7. The van der Waals surface area contributed by atoms with Crippen LogP contribution in [0.2, 0.25) is 0 Å². The van der Waals surface area contributed by atoms with Crippen LogP contribution in [0.15, 0.2) is 54.0 Å². The van der Waals surface area contributed by atoms with Gasteiger partial charge in [-0.15, -0.1) is 11.3 Å². The number of nitrogens with zero attached hydrogens (tertiary/aromatic N) is 3. The van der Waals surface area contributed by atoms with E-state index < -0.39 is 16.8 Å². The second kappa shape index (κ2) is 12.0. The van der Waals surface area contributed by atoms with Gasteiger partial charge in [-0.3, -0.25) is 14.4 Å². The van der Waals surface area contributed by atoms with Crippen molar-refractivity contribution in [2.24, 2.45) is 0 Å². The van der Waals surface area contributed by atoms with Crippen LogP contribution in [0.25, 0.3) is 10.4 Å². The fraction of sp³-hybridized carbons (Fsp3) is 0.438. The van der Waals surface area contributed by atoms with Crippen molar-refractivity contribution in [2.75, 3.05) is 6.54 Å². The van der Waals surface area contributed by atoms with Crippen LogP contribution in [-0.2, 0) is 22.7 Å². The predicted octanol–water partition coefficient (Wildman–Crippen LogP) is 5.67. The van der Waals surface area contributed by atoms with Gasteiger partial charge in [0.1, 0.15) is 12.1 Å². The Bertz CT molecular complexity index is 1430. The number of aryl methyl sites for hydroxylation is 1. The third kappa shape index (κ3) is 6.06. The summed E-state index contributed by atoms with van der Waals surface area (Å²) in [7, 11) is 0. The molecule has 3 aromatic rings. The largest absolute Gasteiger partial charge is 0.350 e. The first-order valence-corrected chi connectivity index (χ1v) is 16.0. The Morgan fingerprint density at radius 1 is 1.15 bits per heavy atom. The average molecular weight is 591 g/mol. The van der Waals surface area contributed by atoms with Crippen LogP contribution >= 0.6 is 23.1 Å². The van der Waals surface area contributed by atoms with Gasteiger partial charge in [-0.2, -0.15) is 11.8 Å². The molecule has 216 valence electrons. The van der Waals surface area contributed by atoms with E-state index in [2.05, 4.69) is 36.3 Å². The quantitative estimate of drug-likeness (QED) is 0.347. The van der Waals surface area contributed by atoms with E-state index in [1.54, 1.807) is 32.9 Å². The zero-order valence-corrected chi connectivity index (χ0v) is 26.0. The van der Waals surface area contributed by atoms with Crippen molar-refractivity contribution < 1.29 is 14.4 Å². The van der Waals surface area contributed by atoms with E-state index in [0.717, 1.165) is 33.7 Å². The van der Waals surface area contributed by atoms with Gasteiger partial charge < -0.3 is 15.1 Å². The zero-order valence-electron chi connectivity index (χ0n) is 24.3. The van der Waals surface area contributed by atoms with Gasteiger partial charge in [0, 0.05) is 29.9 Å². The molecule has 1 N–H and O–H groups in total. The molecule has 0 radical (unpaired) electrons. The van der Waals surface area contributed by atoms with Crippen molar-refractivity contribution in [2.45, 2.75) is 82.6 Å². The van der Waals surface area contributed by atoms with Crippen LogP contribution in [0.3, 0.4) is 0 Å². The van der Waals surface area contributed by atoms with E-state index in [-0.39, 0.29) is 23.0 Å². The lowest BCUT2D eigenvalue weighted by Gasteiger charge is -2.42. The van der Waals surface area contributed by atoms with Crippen LogP contribution < -0.4 is 5.32 Å². The van der Waals surface area contributed by atoms with Crippen molar-refractivity contribution >= 4 is 40.8 Å². The molecular formula is C32H38N4O3S2. The molecular weight excluding hydrogens is 553 g/mol. The van der Waals surface area contributed by atoms with E-state index in [4.69, 9.17) is 0 Å². The maximum atomic E-state index is 14.4. The monoisotopic (exact) mass is 590 g/mol. The fourth-order valence-corrected chi connectivity index (χ4v) is 8.47. The summed E-state index contributed by atoms with van der Waals surface area (Å²) in [5.41, 5.74) is 6.55. The van der Waals surface area contributed by atoms with Gasteiger partial charge in [0.25, 0.3) is 5.91 Å². The average Bonchev–Trinajstić information content (AvgIpc) is 3.66. The standard InChI is InChI=1S/C32H38N4O3S2/c1-20(2)41-32(4,5)28(36-18-24-9-6-7-10-25(24)30(36)38)31(39)35-16-8-11-26(35)29(37)33-17-22-12-14-23(15-13-22)27-21(3)34-19-40-27/h6-7,9-10,12-15,19-20,26,28H,8,11,16-18H2,1-5H3,(H,33,37). The number of aromatic nitrogens is 1. The van der Waals surface area contributed by atoms with Crippen molar-refractivity contribution in [3.8, 4) is 10.4 Å². The first-order chi connectivity index (χ1) is 19.6. The lowest BCUT2D eigenvalue weighted by Crippen LogP contribution is -2.60. The molecule has 7 nitrogen and oxygen atoms in total. The number of fused-ring (bicyclic) bond motifs is 1. The maximum Gasteiger partial charge on any atom is 0.255 e. The van der Waals surface area contributed by atoms with E-state index in [1.165, 1.54) is 0 Å². The molecule has 9 heteroatoms. The molecule has 2 atom stereocenters. The molecule has 0 aliphatic carbocycles. The summed E-state index contributed by atoms with van der Waals surface area (Å²) in [5, 5.41) is 3.33. The van der Waals surface area contributed by atoms with Crippen LogP contribution in [0.1, 0.15) is 67.7 Å². The van der Waals surface area contributed by atoms with Crippen LogP contribution in [0.4, 0.5) is 0 Å². The van der Waals surface area contributed by atoms with Crippen molar-refractivity contribution in [1.29, 1.82) is 0 Å². The minimum Gasteiger partial charge on any atom is -0.350 e. The number of benzene rings is 2. The van der Waals surface area contributed by atoms with Crippen LogP contribution in [0.5, 0.6) is 0 Å². The predicted molar refractivity (Wildman–Crippen MR) is 166 cm³/mol. The first-order valence-electron chi connectivity index (χ1n) is 14.2. The Labute approximate surface area is 250 Å². The highest BCUT2D eigenvalue weighted by molar-refractivity contribution is 8.01. The third-order valence-corrected chi connectivity index (χ3v) is 10.1. The van der Waals surface area contributed by atoms with Gasteiger partial charge in [-0.25, -0.2) is 4.98 Å². The molecule has 2 aliphatic rings. The van der Waals surface area contributed by atoms with Gasteiger partial charge in [-0.05, 0) is 61.6 Å². The van der Waals surface area contributed by atoms with Crippen molar-refractivity contribution in [3.05, 3.63) is 76.4 Å². The van der Waals surface area contributed by atoms with Crippen molar-refractivity contribution in [1.82, 2.24) is 20.1 Å². The second-order valence-corrected chi connectivity index (χ2v) is 14.7. The Morgan fingerprint density at radius 2 is 1.88 bits per heavy atom. The fourth-order valence-electron chi connectivity index (χ4n) is 6.08. The SMILES string of the molecule is Cc1ncsc1-c1ccc(CNC(=O)C2CCCN2C(=O)C(N2Cc3ccccc3C2=O)C(C)(C)SC(C)C)cc1. The number of likely N-dealkylation sites (tertiary alicyclic amines) is 1. The molecule has 1 fully saturated rings. The Hall–Kier alpha value is -3.17. The Balaban J connectivity index is 1.31. The van der Waals surface area contributed by atoms with Gasteiger partial charge >= 0.3 is 0 Å². The molecule has 0 bridgehead atoms. The number of carbonyl (C=O) groups excluding carboxylic acids is 3. The van der Waals surface area contributed by atoms with E-state index in [9.17, 15) is 14.4 Å². The summed E-state index contributed by atoms with van der Waals surface area (Å²) >= 11 is 3.31. The molecule has 2 aromatic carbocycles. The number of amides is 3. The Morgan fingerprint density at radius 3 is 2.54 bits per heavy atom. The van der Waals surface area contributed by atoms with E-state index >= 15 is 0 Å². The Kier molecular flexibility index (Phi) is 8.57. The van der Waals surface area contributed by atoms with Gasteiger partial charge in [0.15, 0.2) is 0 Å². The lowest BCUT2D eigenvalue weighted by atomic mass is 9.99. The summed E-state index contributed by atoms with van der Waals surface area (Å²) in [6.07, 6.45) is 1.37. The second-order valence-electron chi connectivity index (χ2n) is 11.6. The number of hydrogen-bond acceptors (Lipinski definition) is 6. The number of thiazole rings is 1. The van der Waals surface area contributed by atoms with Crippen molar-refractivity contribution in [3.63, 3.8) is 0 Å². The highest BCUT2D eigenvalue weighted by Gasteiger charge is 2.49. The molecule has 0 spiro atoms. The zero-order chi connectivity index (χ0) is 29.3.